The van der Waals surface area contributed by atoms with Crippen LogP contribution in [-0.4, -0.2) is 47.5 Å². The fraction of sp³-hybridized carbons (Fsp3) is 0.350. The molecule has 0 aliphatic heterocycles. The van der Waals surface area contributed by atoms with E-state index in [-0.39, 0.29) is 29.1 Å². The van der Waals surface area contributed by atoms with Crippen molar-refractivity contribution < 1.29 is 17.2 Å². The molecule has 1 aromatic carbocycles. The van der Waals surface area contributed by atoms with Crippen LogP contribution in [0.15, 0.2) is 46.2 Å². The number of nitriles is 1. The number of sulfonamides is 1. The van der Waals surface area contributed by atoms with Crippen LogP contribution in [0, 0.1) is 23.2 Å². The highest BCUT2D eigenvalue weighted by atomic mass is 32.2. The first-order valence-corrected chi connectivity index (χ1v) is 11.1. The van der Waals surface area contributed by atoms with E-state index in [0.717, 1.165) is 4.31 Å². The van der Waals surface area contributed by atoms with E-state index in [4.69, 9.17) is 0 Å². The van der Waals surface area contributed by atoms with Crippen LogP contribution < -0.4 is 10.9 Å². The van der Waals surface area contributed by atoms with Crippen LogP contribution in [0.4, 0.5) is 20.3 Å². The molecule has 1 aliphatic rings. The molecule has 1 aliphatic carbocycles. The van der Waals surface area contributed by atoms with E-state index in [0.29, 0.717) is 11.2 Å². The van der Waals surface area contributed by atoms with Gasteiger partial charge in [0.05, 0.1) is 28.9 Å². The van der Waals surface area contributed by atoms with Crippen LogP contribution in [0.3, 0.4) is 0 Å². The molecule has 1 saturated carbocycles. The van der Waals surface area contributed by atoms with Crippen LogP contribution in [-0.2, 0) is 16.6 Å². The molecular weight excluding hydrogens is 442 g/mol. The summed E-state index contributed by atoms with van der Waals surface area (Å²) in [6, 6.07) is 9.41. The van der Waals surface area contributed by atoms with E-state index in [2.05, 4.69) is 15.4 Å². The smallest absolute Gasteiger partial charge is 0.261 e. The molecule has 12 heteroatoms. The fourth-order valence-corrected chi connectivity index (χ4v) is 4.44. The van der Waals surface area contributed by atoms with Gasteiger partial charge in [0.15, 0.2) is 5.82 Å². The van der Waals surface area contributed by atoms with E-state index in [9.17, 15) is 27.3 Å². The Hall–Kier alpha value is -3.30. The number of nitrogens with one attached hydrogen (secondary N) is 2. The number of hydrogen-bond donors (Lipinski definition) is 2. The third-order valence-corrected chi connectivity index (χ3v) is 7.29. The molecule has 4 rings (SSSR count). The summed E-state index contributed by atoms with van der Waals surface area (Å²) in [7, 11) is -0.735. The maximum absolute atomic E-state index is 13.5. The highest BCUT2D eigenvalue weighted by Gasteiger charge is 2.60. The van der Waals surface area contributed by atoms with Crippen LogP contribution in [0.2, 0.25) is 0 Å². The Bertz CT molecular complexity index is 1370. The SMILES string of the molecule is CN(C)S(=O)(=O)c1ccc(Nc2nn(C[C@H](C#N)[C@H]3CC3(F)F)c3cc[nH]c(=O)c23)cc1. The number of aromatic nitrogens is 3. The molecule has 0 bridgehead atoms. The number of pyridine rings is 1. The minimum Gasteiger partial charge on any atom is -0.338 e. The second kappa shape index (κ2) is 7.68. The van der Waals surface area contributed by atoms with E-state index in [1.54, 1.807) is 6.07 Å². The summed E-state index contributed by atoms with van der Waals surface area (Å²) in [5.41, 5.74) is 0.434. The molecular formula is C20H20F2N6O3S. The number of nitrogens with zero attached hydrogens (tertiary/aromatic N) is 4. The first-order chi connectivity index (χ1) is 15.0. The second-order valence-electron chi connectivity index (χ2n) is 7.84. The van der Waals surface area contributed by atoms with Gasteiger partial charge in [-0.2, -0.15) is 10.4 Å². The van der Waals surface area contributed by atoms with Crippen LogP contribution in [0.1, 0.15) is 6.42 Å². The van der Waals surface area contributed by atoms with E-state index in [1.807, 2.05) is 6.07 Å². The Morgan fingerprint density at radius 2 is 2.00 bits per heavy atom. The number of rotatable bonds is 7. The normalized spacial score (nSPS) is 18.4. The minimum atomic E-state index is -3.59. The topological polar surface area (TPSA) is 124 Å². The summed E-state index contributed by atoms with van der Waals surface area (Å²) in [5.74, 6) is -4.66. The summed E-state index contributed by atoms with van der Waals surface area (Å²) < 4.78 is 53.9. The molecule has 0 amide bonds. The summed E-state index contributed by atoms with van der Waals surface area (Å²) in [6.45, 7) is -0.0849. The van der Waals surface area contributed by atoms with Crippen molar-refractivity contribution in [3.05, 3.63) is 46.9 Å². The number of aromatic amines is 1. The average Bonchev–Trinajstić information content (AvgIpc) is 3.23. The van der Waals surface area contributed by atoms with Gasteiger partial charge in [-0.15, -0.1) is 0 Å². The van der Waals surface area contributed by atoms with Crippen molar-refractivity contribution in [1.82, 2.24) is 19.1 Å². The first-order valence-electron chi connectivity index (χ1n) is 9.70. The van der Waals surface area contributed by atoms with Crippen LogP contribution in [0.25, 0.3) is 10.9 Å². The molecule has 1 fully saturated rings. The Morgan fingerprint density at radius 3 is 2.56 bits per heavy atom. The molecule has 168 valence electrons. The lowest BCUT2D eigenvalue weighted by Crippen LogP contribution is -2.22. The third-order valence-electron chi connectivity index (χ3n) is 5.47. The standard InChI is InChI=1S/C20H20F2N6O3S/c1-27(2)32(30,31)14-5-3-13(4-6-14)25-18-17-16(7-8-24-19(17)29)28(26-18)11-12(10-23)15-9-20(15,21)22/h3-8,12,15H,9,11H2,1-2H3,(H,24,29)(H,25,26)/t12-,15+/m0/s1. The van der Waals surface area contributed by atoms with Gasteiger partial charge in [-0.3, -0.25) is 9.48 Å². The highest BCUT2D eigenvalue weighted by molar-refractivity contribution is 7.89. The van der Waals surface area contributed by atoms with E-state index in [1.165, 1.54) is 49.2 Å². The number of alkyl halides is 2. The number of anilines is 2. The molecule has 2 heterocycles. The van der Waals surface area contributed by atoms with E-state index >= 15 is 0 Å². The summed E-state index contributed by atoms with van der Waals surface area (Å²) >= 11 is 0. The molecule has 9 nitrogen and oxygen atoms in total. The van der Waals surface area contributed by atoms with Gasteiger partial charge in [-0.1, -0.05) is 0 Å². The van der Waals surface area contributed by atoms with E-state index < -0.39 is 33.3 Å². The minimum absolute atomic E-state index is 0.0849. The molecule has 2 atom stereocenters. The van der Waals surface area contributed by atoms with Gasteiger partial charge >= 0.3 is 0 Å². The Kier molecular flexibility index (Phi) is 5.26. The maximum atomic E-state index is 13.5. The Balaban J connectivity index is 1.67. The molecule has 2 aromatic heterocycles. The number of halogens is 2. The van der Waals surface area contributed by atoms with Crippen LogP contribution in [0.5, 0.6) is 0 Å². The lowest BCUT2D eigenvalue weighted by Gasteiger charge is -2.12. The zero-order chi connectivity index (χ0) is 23.3. The molecule has 0 saturated heterocycles. The van der Waals surface area contributed by atoms with Gasteiger partial charge in [0, 0.05) is 38.3 Å². The lowest BCUT2D eigenvalue weighted by atomic mass is 10.1. The highest BCUT2D eigenvalue weighted by Crippen LogP contribution is 2.53. The fourth-order valence-electron chi connectivity index (χ4n) is 3.54. The lowest BCUT2D eigenvalue weighted by molar-refractivity contribution is 0.0884. The summed E-state index contributed by atoms with van der Waals surface area (Å²) in [5, 5.41) is 16.9. The monoisotopic (exact) mass is 462 g/mol. The quantitative estimate of drug-likeness (QED) is 0.556. The van der Waals surface area contributed by atoms with Gasteiger partial charge in [0.2, 0.25) is 10.0 Å². The second-order valence-corrected chi connectivity index (χ2v) is 9.99. The molecule has 0 spiro atoms. The molecule has 32 heavy (non-hydrogen) atoms. The van der Waals surface area contributed by atoms with Crippen LogP contribution >= 0.6 is 0 Å². The van der Waals surface area contributed by atoms with Gasteiger partial charge in [-0.25, -0.2) is 21.5 Å². The van der Waals surface area contributed by atoms with Gasteiger partial charge in [-0.05, 0) is 30.3 Å². The van der Waals surface area contributed by atoms with Crippen molar-refractivity contribution >= 4 is 32.4 Å². The van der Waals surface area contributed by atoms with Crippen molar-refractivity contribution in [3.63, 3.8) is 0 Å². The summed E-state index contributed by atoms with van der Waals surface area (Å²) in [6.07, 6.45) is 1.08. The summed E-state index contributed by atoms with van der Waals surface area (Å²) in [4.78, 5) is 15.1. The molecule has 2 N–H and O–H groups in total. The first kappa shape index (κ1) is 21.9. The third kappa shape index (κ3) is 3.85. The number of fused-ring (bicyclic) bond motifs is 1. The van der Waals surface area contributed by atoms with Gasteiger partial charge < -0.3 is 10.3 Å². The average molecular weight is 462 g/mol. The Morgan fingerprint density at radius 1 is 1.34 bits per heavy atom. The predicted molar refractivity (Wildman–Crippen MR) is 113 cm³/mol. The van der Waals surface area contributed by atoms with Crippen molar-refractivity contribution in [2.24, 2.45) is 11.8 Å². The van der Waals surface area contributed by atoms with Crippen molar-refractivity contribution in [1.29, 1.82) is 5.26 Å². The zero-order valence-electron chi connectivity index (χ0n) is 17.2. The molecule has 3 aromatic rings. The zero-order valence-corrected chi connectivity index (χ0v) is 18.0. The number of benzene rings is 1. The largest absolute Gasteiger partial charge is 0.338 e. The Labute approximate surface area is 182 Å². The number of hydrogen-bond acceptors (Lipinski definition) is 6. The number of H-pyrrole nitrogens is 1. The van der Waals surface area contributed by atoms with Crippen molar-refractivity contribution in [3.8, 4) is 6.07 Å². The van der Waals surface area contributed by atoms with Gasteiger partial charge in [0.25, 0.3) is 11.5 Å². The van der Waals surface area contributed by atoms with Crippen molar-refractivity contribution in [2.75, 3.05) is 19.4 Å². The maximum Gasteiger partial charge on any atom is 0.261 e. The predicted octanol–water partition coefficient (Wildman–Crippen LogP) is 2.51. The van der Waals surface area contributed by atoms with Gasteiger partial charge in [0.1, 0.15) is 5.39 Å². The molecule has 0 radical (unpaired) electrons. The van der Waals surface area contributed by atoms with Crippen molar-refractivity contribution in [2.45, 2.75) is 23.8 Å². The molecule has 0 unspecified atom stereocenters.